The fraction of sp³-hybridized carbons (Fsp3) is 0.143. The average Bonchev–Trinajstić information content (AvgIpc) is 2.76. The molecule has 2 heterocycles. The van der Waals surface area contributed by atoms with Crippen LogP contribution in [0.5, 0.6) is 0 Å². The molecule has 0 unspecified atom stereocenters. The summed E-state index contributed by atoms with van der Waals surface area (Å²) in [6, 6.07) is 8.49. The number of rotatable bonds is 3. The van der Waals surface area contributed by atoms with Gasteiger partial charge in [0.1, 0.15) is 22.6 Å². The molecule has 1 aromatic carbocycles. The molecule has 3 aromatic rings. The van der Waals surface area contributed by atoms with Crippen LogP contribution in [0.15, 0.2) is 47.5 Å². The van der Waals surface area contributed by atoms with Gasteiger partial charge in [-0.05, 0) is 46.1 Å². The predicted molar refractivity (Wildman–Crippen MR) is 74.5 cm³/mol. The molecular weight excluding hydrogens is 309 g/mol. The summed E-state index contributed by atoms with van der Waals surface area (Å²) >= 11 is 3.44. The van der Waals surface area contributed by atoms with Gasteiger partial charge in [-0.15, -0.1) is 0 Å². The highest BCUT2D eigenvalue weighted by Crippen LogP contribution is 2.19. The van der Waals surface area contributed by atoms with Crippen LogP contribution in [0.25, 0.3) is 5.52 Å². The summed E-state index contributed by atoms with van der Waals surface area (Å²) in [7, 11) is 0. The largest absolute Gasteiger partial charge is 0.286 e. The van der Waals surface area contributed by atoms with Gasteiger partial charge in [-0.2, -0.15) is 0 Å². The van der Waals surface area contributed by atoms with E-state index in [2.05, 4.69) is 25.9 Å². The lowest BCUT2D eigenvalue weighted by molar-refractivity contribution is 0.627. The molecule has 0 fully saturated rings. The third-order valence-corrected chi connectivity index (χ3v) is 3.61. The maximum Gasteiger partial charge on any atom is 0.132 e. The Bertz CT molecular complexity index is 706. The van der Waals surface area contributed by atoms with Gasteiger partial charge in [0.25, 0.3) is 0 Å². The Morgan fingerprint density at radius 1 is 1.11 bits per heavy atom. The minimum atomic E-state index is -0.207. The Balaban J connectivity index is 1.84. The van der Waals surface area contributed by atoms with Crippen LogP contribution in [0.4, 0.5) is 4.39 Å². The molecule has 0 saturated carbocycles. The molecule has 0 N–H and O–H groups in total. The molecule has 5 heteroatoms. The highest BCUT2D eigenvalue weighted by atomic mass is 79.9. The van der Waals surface area contributed by atoms with E-state index in [0.717, 1.165) is 34.3 Å². The lowest BCUT2D eigenvalue weighted by Crippen LogP contribution is -1.98. The fourth-order valence-electron chi connectivity index (χ4n) is 2.04. The van der Waals surface area contributed by atoms with Crippen molar-refractivity contribution >= 4 is 21.4 Å². The number of imidazole rings is 1. The van der Waals surface area contributed by atoms with Crippen molar-refractivity contribution in [3.8, 4) is 0 Å². The first-order chi connectivity index (χ1) is 9.24. The van der Waals surface area contributed by atoms with Crippen LogP contribution in [-0.2, 0) is 12.8 Å². The molecule has 0 aliphatic carbocycles. The highest BCUT2D eigenvalue weighted by molar-refractivity contribution is 9.10. The summed E-state index contributed by atoms with van der Waals surface area (Å²) in [6.45, 7) is 0. The van der Waals surface area contributed by atoms with Crippen molar-refractivity contribution in [3.05, 3.63) is 64.7 Å². The molecule has 0 aliphatic rings. The lowest BCUT2D eigenvalue weighted by atomic mass is 10.1. The molecule has 0 atom stereocenters. The Morgan fingerprint density at radius 2 is 1.89 bits per heavy atom. The molecular formula is C14H11BrFN3. The zero-order chi connectivity index (χ0) is 13.2. The first-order valence-electron chi connectivity index (χ1n) is 5.95. The van der Waals surface area contributed by atoms with Crippen molar-refractivity contribution in [2.24, 2.45) is 0 Å². The zero-order valence-electron chi connectivity index (χ0n) is 10.1. The second-order valence-corrected chi connectivity index (χ2v) is 5.03. The molecule has 3 nitrogen and oxygen atoms in total. The Hall–Kier alpha value is -1.75. The van der Waals surface area contributed by atoms with E-state index in [1.807, 2.05) is 10.5 Å². The quantitative estimate of drug-likeness (QED) is 0.740. The van der Waals surface area contributed by atoms with Crippen LogP contribution in [-0.4, -0.2) is 14.4 Å². The molecule has 19 heavy (non-hydrogen) atoms. The van der Waals surface area contributed by atoms with Gasteiger partial charge in [-0.3, -0.25) is 4.40 Å². The van der Waals surface area contributed by atoms with E-state index >= 15 is 0 Å². The maximum atomic E-state index is 12.8. The third kappa shape index (κ3) is 2.51. The van der Waals surface area contributed by atoms with Gasteiger partial charge in [0.15, 0.2) is 0 Å². The average molecular weight is 320 g/mol. The Kier molecular flexibility index (Phi) is 3.29. The number of aromatic nitrogens is 3. The topological polar surface area (TPSA) is 30.2 Å². The van der Waals surface area contributed by atoms with Gasteiger partial charge >= 0.3 is 0 Å². The van der Waals surface area contributed by atoms with Crippen LogP contribution >= 0.6 is 15.9 Å². The van der Waals surface area contributed by atoms with Crippen molar-refractivity contribution in [1.29, 1.82) is 0 Å². The van der Waals surface area contributed by atoms with Crippen LogP contribution in [0, 0.1) is 5.82 Å². The molecule has 0 amide bonds. The Labute approximate surface area is 118 Å². The molecule has 3 rings (SSSR count). The van der Waals surface area contributed by atoms with Gasteiger partial charge in [0.05, 0.1) is 5.52 Å². The van der Waals surface area contributed by atoms with Crippen molar-refractivity contribution in [1.82, 2.24) is 14.4 Å². The van der Waals surface area contributed by atoms with E-state index in [9.17, 15) is 4.39 Å². The van der Waals surface area contributed by atoms with Crippen LogP contribution < -0.4 is 0 Å². The van der Waals surface area contributed by atoms with E-state index in [-0.39, 0.29) is 5.82 Å². The van der Waals surface area contributed by atoms with Gasteiger partial charge in [-0.25, -0.2) is 14.4 Å². The summed E-state index contributed by atoms with van der Waals surface area (Å²) in [5.41, 5.74) is 2.10. The molecule has 0 spiro atoms. The summed E-state index contributed by atoms with van der Waals surface area (Å²) in [4.78, 5) is 8.59. The molecule has 0 bridgehead atoms. The molecule has 0 saturated heterocycles. The third-order valence-electron chi connectivity index (χ3n) is 3.03. The van der Waals surface area contributed by atoms with Gasteiger partial charge in [0, 0.05) is 12.6 Å². The molecule has 0 radical (unpaired) electrons. The normalized spacial score (nSPS) is 11.1. The molecule has 0 aliphatic heterocycles. The minimum Gasteiger partial charge on any atom is -0.286 e. The smallest absolute Gasteiger partial charge is 0.132 e. The van der Waals surface area contributed by atoms with Crippen LogP contribution in [0.2, 0.25) is 0 Å². The van der Waals surface area contributed by atoms with Gasteiger partial charge in [-0.1, -0.05) is 12.1 Å². The van der Waals surface area contributed by atoms with Crippen molar-refractivity contribution < 1.29 is 4.39 Å². The van der Waals surface area contributed by atoms with E-state index in [0.29, 0.717) is 0 Å². The summed E-state index contributed by atoms with van der Waals surface area (Å²) in [6.07, 6.45) is 5.10. The molecule has 2 aromatic heterocycles. The zero-order valence-corrected chi connectivity index (χ0v) is 11.6. The van der Waals surface area contributed by atoms with E-state index in [1.165, 1.54) is 12.1 Å². The lowest BCUT2D eigenvalue weighted by Gasteiger charge is -2.01. The summed E-state index contributed by atoms with van der Waals surface area (Å²) < 4.78 is 15.6. The van der Waals surface area contributed by atoms with Crippen LogP contribution in [0.1, 0.15) is 11.4 Å². The number of fused-ring (bicyclic) bond motifs is 1. The minimum absolute atomic E-state index is 0.207. The van der Waals surface area contributed by atoms with Crippen molar-refractivity contribution in [3.63, 3.8) is 0 Å². The number of benzene rings is 1. The van der Waals surface area contributed by atoms with E-state index in [4.69, 9.17) is 0 Å². The summed E-state index contributed by atoms with van der Waals surface area (Å²) in [5.74, 6) is 0.737. The van der Waals surface area contributed by atoms with E-state index < -0.39 is 0 Å². The Morgan fingerprint density at radius 3 is 2.68 bits per heavy atom. The maximum absolute atomic E-state index is 12.8. The standard InChI is InChI=1S/C14H11BrFN3/c15-14-12-7-8-17-9-19(12)13(18-14)6-3-10-1-4-11(16)5-2-10/h1-2,4-5,7-9H,3,6H2. The highest BCUT2D eigenvalue weighted by Gasteiger charge is 2.08. The van der Waals surface area contributed by atoms with Gasteiger partial charge in [0.2, 0.25) is 0 Å². The summed E-state index contributed by atoms with van der Waals surface area (Å²) in [5, 5.41) is 0. The van der Waals surface area contributed by atoms with Crippen LogP contribution in [0.3, 0.4) is 0 Å². The fourth-order valence-corrected chi connectivity index (χ4v) is 2.57. The van der Waals surface area contributed by atoms with Crippen molar-refractivity contribution in [2.75, 3.05) is 0 Å². The predicted octanol–water partition coefficient (Wildman–Crippen LogP) is 3.42. The second-order valence-electron chi connectivity index (χ2n) is 4.28. The SMILES string of the molecule is Fc1ccc(CCc2nc(Br)c3ccncn23)cc1. The number of aryl methyl sites for hydroxylation is 2. The number of halogens is 2. The van der Waals surface area contributed by atoms with Gasteiger partial charge < -0.3 is 0 Å². The number of hydrogen-bond acceptors (Lipinski definition) is 2. The second kappa shape index (κ2) is 5.09. The number of hydrogen-bond donors (Lipinski definition) is 0. The molecule has 96 valence electrons. The van der Waals surface area contributed by atoms with Crippen molar-refractivity contribution in [2.45, 2.75) is 12.8 Å². The number of nitrogens with zero attached hydrogens (tertiary/aromatic N) is 3. The van der Waals surface area contributed by atoms with E-state index in [1.54, 1.807) is 24.7 Å². The monoisotopic (exact) mass is 319 g/mol. The first kappa shape index (κ1) is 12.3. The first-order valence-corrected chi connectivity index (χ1v) is 6.74.